The van der Waals surface area contributed by atoms with Crippen LogP contribution in [0.3, 0.4) is 0 Å². The van der Waals surface area contributed by atoms with Crippen LogP contribution >= 0.6 is 34.7 Å². The first kappa shape index (κ1) is 26.9. The van der Waals surface area contributed by atoms with Crippen molar-refractivity contribution in [3.8, 4) is 0 Å². The SMILES string of the molecule is CCOC(=O)C1=C(c2ccccc2)N=c2s/c(=C/c3ccc(Sc4ncccn4)o3)c(=O)n2[C@H]1c1ccc(Cl)cc1. The van der Waals surface area contributed by atoms with Crippen LogP contribution in [-0.2, 0) is 9.53 Å². The maximum atomic E-state index is 14.0. The summed E-state index contributed by atoms with van der Waals surface area (Å²) in [5.41, 5.74) is 1.87. The van der Waals surface area contributed by atoms with E-state index in [1.165, 1.54) is 27.7 Å². The zero-order chi connectivity index (χ0) is 28.3. The number of rotatable bonds is 7. The number of carbonyl (C=O) groups excluding carboxylic acids is 1. The molecule has 1 aliphatic heterocycles. The molecule has 1 aliphatic rings. The van der Waals surface area contributed by atoms with Crippen LogP contribution in [0.25, 0.3) is 11.8 Å². The third kappa shape index (κ3) is 5.54. The summed E-state index contributed by atoms with van der Waals surface area (Å²) in [6.45, 7) is 1.92. The number of fused-ring (bicyclic) bond motifs is 1. The van der Waals surface area contributed by atoms with Crippen molar-refractivity contribution in [2.75, 3.05) is 6.61 Å². The molecule has 0 saturated heterocycles. The molecule has 2 aromatic carbocycles. The first-order valence-electron chi connectivity index (χ1n) is 12.6. The van der Waals surface area contributed by atoms with Gasteiger partial charge in [-0.1, -0.05) is 65.4 Å². The largest absolute Gasteiger partial charge is 0.463 e. The van der Waals surface area contributed by atoms with Crippen molar-refractivity contribution in [3.63, 3.8) is 0 Å². The molecule has 0 saturated carbocycles. The van der Waals surface area contributed by atoms with Gasteiger partial charge < -0.3 is 9.15 Å². The number of carbonyl (C=O) groups is 1. The van der Waals surface area contributed by atoms with Crippen LogP contribution in [0.1, 0.15) is 29.9 Å². The van der Waals surface area contributed by atoms with Gasteiger partial charge in [-0.3, -0.25) is 9.36 Å². The van der Waals surface area contributed by atoms with E-state index < -0.39 is 12.0 Å². The predicted octanol–water partition coefficient (Wildman–Crippen LogP) is 5.12. The van der Waals surface area contributed by atoms with E-state index >= 15 is 0 Å². The maximum Gasteiger partial charge on any atom is 0.338 e. The summed E-state index contributed by atoms with van der Waals surface area (Å²) in [4.78, 5) is 41.1. The molecule has 1 atom stereocenters. The molecule has 41 heavy (non-hydrogen) atoms. The number of esters is 1. The second kappa shape index (κ2) is 11.7. The van der Waals surface area contributed by atoms with E-state index in [2.05, 4.69) is 9.97 Å². The van der Waals surface area contributed by atoms with Gasteiger partial charge in [0.1, 0.15) is 5.76 Å². The highest BCUT2D eigenvalue weighted by Crippen LogP contribution is 2.35. The number of halogens is 1. The Morgan fingerprint density at radius 1 is 1.07 bits per heavy atom. The van der Waals surface area contributed by atoms with Gasteiger partial charge in [0.15, 0.2) is 15.1 Å². The minimum atomic E-state index is -0.780. The molecule has 11 heteroatoms. The number of benzene rings is 2. The normalized spacial score (nSPS) is 15.0. The molecule has 204 valence electrons. The third-order valence-electron chi connectivity index (χ3n) is 6.17. The van der Waals surface area contributed by atoms with Crippen molar-refractivity contribution < 1.29 is 13.9 Å². The molecule has 6 rings (SSSR count). The number of furan rings is 1. The van der Waals surface area contributed by atoms with E-state index in [4.69, 9.17) is 25.7 Å². The lowest BCUT2D eigenvalue weighted by Gasteiger charge is -2.25. The fraction of sp³-hybridized carbons (Fsp3) is 0.100. The number of hydrogen-bond acceptors (Lipinski definition) is 9. The molecule has 5 aromatic rings. The van der Waals surface area contributed by atoms with Crippen molar-refractivity contribution >= 4 is 52.4 Å². The summed E-state index contributed by atoms with van der Waals surface area (Å²) >= 11 is 8.69. The average molecular weight is 601 g/mol. The predicted molar refractivity (Wildman–Crippen MR) is 157 cm³/mol. The van der Waals surface area contributed by atoms with E-state index in [-0.39, 0.29) is 17.7 Å². The summed E-state index contributed by atoms with van der Waals surface area (Å²) in [5, 5.41) is 1.68. The Hall–Kier alpha value is -4.25. The van der Waals surface area contributed by atoms with Crippen LogP contribution in [-0.4, -0.2) is 27.1 Å². The monoisotopic (exact) mass is 600 g/mol. The van der Waals surface area contributed by atoms with Crippen molar-refractivity contribution in [1.82, 2.24) is 14.5 Å². The van der Waals surface area contributed by atoms with Gasteiger partial charge in [-0.25, -0.2) is 19.8 Å². The summed E-state index contributed by atoms with van der Waals surface area (Å²) in [7, 11) is 0. The van der Waals surface area contributed by atoms with Crippen molar-refractivity contribution in [2.24, 2.45) is 4.99 Å². The Morgan fingerprint density at radius 2 is 1.83 bits per heavy atom. The van der Waals surface area contributed by atoms with Crippen LogP contribution in [0.15, 0.2) is 115 Å². The highest BCUT2D eigenvalue weighted by atomic mass is 35.5. The lowest BCUT2D eigenvalue weighted by atomic mass is 9.93. The summed E-state index contributed by atoms with van der Waals surface area (Å²) < 4.78 is 13.4. The molecular formula is C30H21ClN4O4S2. The van der Waals surface area contributed by atoms with E-state index in [9.17, 15) is 9.59 Å². The maximum absolute atomic E-state index is 14.0. The molecule has 0 unspecified atom stereocenters. The zero-order valence-electron chi connectivity index (χ0n) is 21.6. The van der Waals surface area contributed by atoms with Crippen molar-refractivity contribution in [1.29, 1.82) is 0 Å². The molecule has 8 nitrogen and oxygen atoms in total. The number of hydrogen-bond donors (Lipinski definition) is 0. The summed E-state index contributed by atoms with van der Waals surface area (Å²) in [6, 6.07) is 21.0. The molecule has 0 fully saturated rings. The fourth-order valence-corrected chi connectivity index (χ4v) is 6.21. The number of ether oxygens (including phenoxy) is 1. The van der Waals surface area contributed by atoms with Gasteiger partial charge in [0.05, 0.1) is 28.5 Å². The van der Waals surface area contributed by atoms with E-state index in [1.54, 1.807) is 67.9 Å². The van der Waals surface area contributed by atoms with Gasteiger partial charge in [0, 0.05) is 29.1 Å². The van der Waals surface area contributed by atoms with Crippen LogP contribution in [0.5, 0.6) is 0 Å². The number of thiazole rings is 1. The molecular weight excluding hydrogens is 580 g/mol. The molecule has 0 N–H and O–H groups in total. The molecule has 0 amide bonds. The first-order chi connectivity index (χ1) is 20.0. The number of aromatic nitrogens is 3. The molecule has 0 aliphatic carbocycles. The Morgan fingerprint density at radius 3 is 2.56 bits per heavy atom. The van der Waals surface area contributed by atoms with Gasteiger partial charge in [-0.05, 0) is 54.6 Å². The lowest BCUT2D eigenvalue weighted by molar-refractivity contribution is -0.138. The van der Waals surface area contributed by atoms with Gasteiger partial charge >= 0.3 is 5.97 Å². The van der Waals surface area contributed by atoms with E-state index in [0.29, 0.717) is 41.6 Å². The van der Waals surface area contributed by atoms with Crippen LogP contribution in [0.2, 0.25) is 5.02 Å². The highest BCUT2D eigenvalue weighted by molar-refractivity contribution is 7.99. The fourth-order valence-electron chi connectivity index (χ4n) is 4.42. The molecule has 3 aromatic heterocycles. The van der Waals surface area contributed by atoms with Gasteiger partial charge in [0.2, 0.25) is 0 Å². The van der Waals surface area contributed by atoms with Gasteiger partial charge in [-0.15, -0.1) is 0 Å². The van der Waals surface area contributed by atoms with Crippen molar-refractivity contribution in [2.45, 2.75) is 23.2 Å². The second-order valence-electron chi connectivity index (χ2n) is 8.77. The van der Waals surface area contributed by atoms with Crippen molar-refractivity contribution in [3.05, 3.63) is 132 Å². The first-order valence-corrected chi connectivity index (χ1v) is 14.6. The van der Waals surface area contributed by atoms with Crippen LogP contribution < -0.4 is 14.9 Å². The highest BCUT2D eigenvalue weighted by Gasteiger charge is 2.35. The second-order valence-corrected chi connectivity index (χ2v) is 11.2. The van der Waals surface area contributed by atoms with Crippen LogP contribution in [0, 0.1) is 0 Å². The molecule has 0 bridgehead atoms. The standard InChI is InChI=1S/C30H21ClN4O4S2/c1-2-38-28(37)24-25(18-7-4-3-5-8-18)34-30-35(26(24)19-9-11-20(31)12-10-19)27(36)22(40-30)17-21-13-14-23(39-21)41-29-32-15-6-16-33-29/h3-17,26H,2H2,1H3/b22-17+/t26-/m0/s1. The summed E-state index contributed by atoms with van der Waals surface area (Å²) in [5.74, 6) is -0.0511. The molecule has 0 spiro atoms. The molecule has 4 heterocycles. The zero-order valence-corrected chi connectivity index (χ0v) is 23.9. The quantitative estimate of drug-likeness (QED) is 0.189. The third-order valence-corrected chi connectivity index (χ3v) is 8.22. The average Bonchev–Trinajstić information content (AvgIpc) is 3.56. The summed E-state index contributed by atoms with van der Waals surface area (Å²) in [6.07, 6.45) is 4.99. The van der Waals surface area contributed by atoms with E-state index in [0.717, 1.165) is 5.56 Å². The Bertz CT molecular complexity index is 1930. The van der Waals surface area contributed by atoms with Crippen LogP contribution in [0.4, 0.5) is 0 Å². The lowest BCUT2D eigenvalue weighted by Crippen LogP contribution is -2.39. The Labute approximate surface area is 247 Å². The van der Waals surface area contributed by atoms with Gasteiger partial charge in [-0.2, -0.15) is 0 Å². The minimum Gasteiger partial charge on any atom is -0.463 e. The number of nitrogens with zero attached hydrogens (tertiary/aromatic N) is 4. The molecule has 0 radical (unpaired) electrons. The van der Waals surface area contributed by atoms with E-state index in [1.807, 2.05) is 30.3 Å². The Balaban J connectivity index is 1.52. The minimum absolute atomic E-state index is 0.176. The Kier molecular flexibility index (Phi) is 7.69. The topological polar surface area (TPSA) is 99.6 Å². The van der Waals surface area contributed by atoms with Gasteiger partial charge in [0.25, 0.3) is 5.56 Å². The smallest absolute Gasteiger partial charge is 0.338 e.